The summed E-state index contributed by atoms with van der Waals surface area (Å²) in [5, 5.41) is 0. The fraction of sp³-hybridized carbons (Fsp3) is 0.500. The molecule has 0 aliphatic rings. The van der Waals surface area contributed by atoms with Gasteiger partial charge in [-0.3, -0.25) is 13.8 Å². The summed E-state index contributed by atoms with van der Waals surface area (Å²) in [4.78, 5) is 20.1. The lowest BCUT2D eigenvalue weighted by Gasteiger charge is -1.92. The Morgan fingerprint density at radius 2 is 1.40 bits per heavy atom. The summed E-state index contributed by atoms with van der Waals surface area (Å²) in [7, 11) is -1.53. The van der Waals surface area contributed by atoms with Crippen LogP contribution in [0.25, 0.3) is 0 Å². The van der Waals surface area contributed by atoms with Crippen LogP contribution in [-0.2, 0) is 20.4 Å². The highest BCUT2D eigenvalue weighted by Crippen LogP contribution is 1.79. The maximum absolute atomic E-state index is 10.6. The van der Waals surface area contributed by atoms with Gasteiger partial charge in [-0.1, -0.05) is 0 Å². The van der Waals surface area contributed by atoms with Crippen LogP contribution in [0.3, 0.4) is 0 Å². The van der Waals surface area contributed by atoms with Crippen molar-refractivity contribution in [1.29, 1.82) is 0 Å². The van der Waals surface area contributed by atoms with Gasteiger partial charge < -0.3 is 11.5 Å². The van der Waals surface area contributed by atoms with Crippen LogP contribution in [0.1, 0.15) is 0 Å². The van der Waals surface area contributed by atoms with Gasteiger partial charge >= 0.3 is 0 Å². The van der Waals surface area contributed by atoms with E-state index in [1.165, 1.54) is 0 Å². The first-order chi connectivity index (χ1) is 4.52. The molecule has 0 fully saturated rings. The maximum Gasteiger partial charge on any atom is 0.230 e. The second-order valence-corrected chi connectivity index (χ2v) is 3.12. The van der Waals surface area contributed by atoms with Crippen molar-refractivity contribution in [2.75, 3.05) is 11.5 Å². The van der Waals surface area contributed by atoms with Gasteiger partial charge in [-0.2, -0.15) is 0 Å². The monoisotopic (exact) mass is 164 g/mol. The predicted octanol–water partition coefficient (Wildman–Crippen LogP) is -2.29. The molecule has 0 rings (SSSR count). The zero-order valence-corrected chi connectivity index (χ0v) is 6.02. The van der Waals surface area contributed by atoms with Gasteiger partial charge in [0.1, 0.15) is 11.5 Å². The van der Waals surface area contributed by atoms with E-state index in [9.17, 15) is 13.8 Å². The molecular formula is C4H8N2O3S. The van der Waals surface area contributed by atoms with Gasteiger partial charge in [-0.15, -0.1) is 0 Å². The van der Waals surface area contributed by atoms with Crippen LogP contribution in [0, 0.1) is 0 Å². The largest absolute Gasteiger partial charge is 0.369 e. The predicted molar refractivity (Wildman–Crippen MR) is 36.3 cm³/mol. The van der Waals surface area contributed by atoms with Crippen molar-refractivity contribution in [1.82, 2.24) is 0 Å². The van der Waals surface area contributed by atoms with Crippen LogP contribution in [-0.4, -0.2) is 27.5 Å². The van der Waals surface area contributed by atoms with Crippen molar-refractivity contribution in [3.05, 3.63) is 0 Å². The molecule has 0 bridgehead atoms. The molecule has 0 aromatic rings. The zero-order chi connectivity index (χ0) is 8.15. The standard InChI is InChI=1S/C4H8N2O3S/c5-3(7)1-10(9)2-4(6)8/h1-2H2,(H2,5,7)(H2,6,8). The third kappa shape index (κ3) is 5.23. The number of carbonyl (C=O) groups is 2. The van der Waals surface area contributed by atoms with Crippen LogP contribution in [0.2, 0.25) is 0 Å². The summed E-state index contributed by atoms with van der Waals surface area (Å²) in [6.07, 6.45) is 0. The lowest BCUT2D eigenvalue weighted by molar-refractivity contribution is -0.116. The fourth-order valence-electron chi connectivity index (χ4n) is 0.368. The van der Waals surface area contributed by atoms with Crippen molar-refractivity contribution < 1.29 is 13.8 Å². The third-order valence-corrected chi connectivity index (χ3v) is 1.82. The van der Waals surface area contributed by atoms with E-state index in [-0.39, 0.29) is 11.5 Å². The Balaban J connectivity index is 3.65. The Labute approximate surface area is 60.2 Å². The summed E-state index contributed by atoms with van der Waals surface area (Å²) in [5.41, 5.74) is 9.37. The first-order valence-corrected chi connectivity index (χ1v) is 3.92. The lowest BCUT2D eigenvalue weighted by Crippen LogP contribution is -2.26. The molecule has 0 aromatic carbocycles. The maximum atomic E-state index is 10.6. The molecular weight excluding hydrogens is 156 g/mol. The van der Waals surface area contributed by atoms with E-state index in [1.54, 1.807) is 0 Å². The average Bonchev–Trinajstić information content (AvgIpc) is 1.58. The summed E-state index contributed by atoms with van der Waals surface area (Å²) in [6, 6.07) is 0. The normalized spacial score (nSPS) is 9.70. The Hall–Kier alpha value is -0.910. The van der Waals surface area contributed by atoms with Gasteiger partial charge in [-0.05, 0) is 0 Å². The Morgan fingerprint density at radius 1 is 1.10 bits per heavy atom. The van der Waals surface area contributed by atoms with Gasteiger partial charge in [0.25, 0.3) is 0 Å². The molecule has 4 N–H and O–H groups in total. The number of amides is 2. The average molecular weight is 164 g/mol. The Morgan fingerprint density at radius 3 is 1.60 bits per heavy atom. The molecule has 0 aliphatic carbocycles. The van der Waals surface area contributed by atoms with Crippen molar-refractivity contribution in [2.24, 2.45) is 11.5 Å². The number of hydrogen-bond donors (Lipinski definition) is 2. The molecule has 6 heteroatoms. The van der Waals surface area contributed by atoms with Gasteiger partial charge in [0, 0.05) is 10.8 Å². The van der Waals surface area contributed by atoms with E-state index in [1.807, 2.05) is 0 Å². The van der Waals surface area contributed by atoms with E-state index in [0.29, 0.717) is 0 Å². The van der Waals surface area contributed by atoms with E-state index in [4.69, 9.17) is 0 Å². The van der Waals surface area contributed by atoms with Gasteiger partial charge in [0.15, 0.2) is 0 Å². The number of rotatable bonds is 4. The summed E-state index contributed by atoms with van der Waals surface area (Å²) < 4.78 is 10.6. The fourth-order valence-corrected chi connectivity index (χ4v) is 1.11. The number of nitrogens with two attached hydrogens (primary N) is 2. The molecule has 0 aliphatic heterocycles. The van der Waals surface area contributed by atoms with Crippen molar-refractivity contribution >= 4 is 22.6 Å². The number of primary amides is 2. The van der Waals surface area contributed by atoms with E-state index in [2.05, 4.69) is 11.5 Å². The van der Waals surface area contributed by atoms with E-state index < -0.39 is 22.6 Å². The number of hydrogen-bond acceptors (Lipinski definition) is 3. The summed E-state index contributed by atoms with van der Waals surface area (Å²) in [6.45, 7) is 0. The summed E-state index contributed by atoms with van der Waals surface area (Å²) in [5.74, 6) is -1.99. The minimum absolute atomic E-state index is 0.303. The molecule has 0 atom stereocenters. The number of carbonyl (C=O) groups excluding carboxylic acids is 2. The zero-order valence-electron chi connectivity index (χ0n) is 5.20. The molecule has 0 radical (unpaired) electrons. The van der Waals surface area contributed by atoms with Gasteiger partial charge in [0.05, 0.1) is 0 Å². The van der Waals surface area contributed by atoms with Crippen LogP contribution in [0.15, 0.2) is 0 Å². The first-order valence-electron chi connectivity index (χ1n) is 2.44. The SMILES string of the molecule is NC(=O)CS(=O)CC(N)=O. The molecule has 2 amide bonds. The molecule has 58 valence electrons. The lowest BCUT2D eigenvalue weighted by atomic mass is 10.8. The minimum Gasteiger partial charge on any atom is -0.369 e. The molecule has 10 heavy (non-hydrogen) atoms. The smallest absolute Gasteiger partial charge is 0.230 e. The first kappa shape index (κ1) is 9.09. The van der Waals surface area contributed by atoms with Crippen LogP contribution < -0.4 is 11.5 Å². The summed E-state index contributed by atoms with van der Waals surface area (Å²) >= 11 is 0. The van der Waals surface area contributed by atoms with Crippen LogP contribution >= 0.6 is 0 Å². The molecule has 0 unspecified atom stereocenters. The molecule has 0 spiro atoms. The van der Waals surface area contributed by atoms with Crippen LogP contribution in [0.4, 0.5) is 0 Å². The second-order valence-electron chi connectivity index (χ2n) is 1.66. The van der Waals surface area contributed by atoms with Crippen molar-refractivity contribution in [3.63, 3.8) is 0 Å². The highest BCUT2D eigenvalue weighted by molar-refractivity contribution is 7.86. The third-order valence-electron chi connectivity index (χ3n) is 0.606. The van der Waals surface area contributed by atoms with Crippen molar-refractivity contribution in [3.8, 4) is 0 Å². The van der Waals surface area contributed by atoms with E-state index in [0.717, 1.165) is 0 Å². The molecule has 0 aromatic heterocycles. The highest BCUT2D eigenvalue weighted by Gasteiger charge is 2.06. The Bertz CT molecular complexity index is 161. The van der Waals surface area contributed by atoms with Gasteiger partial charge in [-0.25, -0.2) is 0 Å². The second kappa shape index (κ2) is 3.99. The van der Waals surface area contributed by atoms with Crippen molar-refractivity contribution in [2.45, 2.75) is 0 Å². The highest BCUT2D eigenvalue weighted by atomic mass is 32.2. The quantitative estimate of drug-likeness (QED) is 0.488. The van der Waals surface area contributed by atoms with E-state index >= 15 is 0 Å². The van der Waals surface area contributed by atoms with Gasteiger partial charge in [0.2, 0.25) is 11.8 Å². The Kier molecular flexibility index (Phi) is 3.63. The molecule has 0 heterocycles. The molecule has 0 saturated heterocycles. The minimum atomic E-state index is -1.53. The molecule has 5 nitrogen and oxygen atoms in total. The van der Waals surface area contributed by atoms with Crippen LogP contribution in [0.5, 0.6) is 0 Å². The topological polar surface area (TPSA) is 103 Å². The molecule has 0 saturated carbocycles.